The smallest absolute Gasteiger partial charge is 0.141 e. The van der Waals surface area contributed by atoms with Crippen molar-refractivity contribution in [3.05, 3.63) is 66.4 Å². The molecule has 3 nitrogen and oxygen atoms in total. The van der Waals surface area contributed by atoms with E-state index in [9.17, 15) is 0 Å². The highest BCUT2D eigenvalue weighted by atomic mass is 16.5. The summed E-state index contributed by atoms with van der Waals surface area (Å²) in [5.74, 6) is 1.55. The van der Waals surface area contributed by atoms with Crippen LogP contribution in [-0.2, 0) is 0 Å². The standard InChI is InChI=1S/C16H10N2O/c17-11-13-7-6-12-10-15(8-9-16(12)18-13)19-14-4-2-1-3-5-14/h1-10H. The molecule has 0 aliphatic heterocycles. The maximum atomic E-state index is 8.81. The van der Waals surface area contributed by atoms with Crippen molar-refractivity contribution in [1.82, 2.24) is 4.98 Å². The zero-order chi connectivity index (χ0) is 13.1. The van der Waals surface area contributed by atoms with Gasteiger partial charge in [-0.2, -0.15) is 5.26 Å². The van der Waals surface area contributed by atoms with Crippen LogP contribution in [0.5, 0.6) is 11.5 Å². The van der Waals surface area contributed by atoms with Crippen LogP contribution in [0.25, 0.3) is 10.9 Å². The molecule has 3 rings (SSSR count). The predicted octanol–water partition coefficient (Wildman–Crippen LogP) is 3.90. The van der Waals surface area contributed by atoms with Crippen molar-refractivity contribution in [2.45, 2.75) is 0 Å². The number of pyridine rings is 1. The van der Waals surface area contributed by atoms with Crippen molar-refractivity contribution >= 4 is 10.9 Å². The van der Waals surface area contributed by atoms with Gasteiger partial charge >= 0.3 is 0 Å². The van der Waals surface area contributed by atoms with Crippen LogP contribution in [0.3, 0.4) is 0 Å². The number of fused-ring (bicyclic) bond motifs is 1. The molecule has 0 unspecified atom stereocenters. The van der Waals surface area contributed by atoms with Gasteiger partial charge in [-0.3, -0.25) is 0 Å². The summed E-state index contributed by atoms with van der Waals surface area (Å²) in [4.78, 5) is 4.23. The number of ether oxygens (including phenoxy) is 1. The SMILES string of the molecule is N#Cc1ccc2cc(Oc3ccccc3)ccc2n1. The Kier molecular flexibility index (Phi) is 2.83. The molecule has 0 spiro atoms. The summed E-state index contributed by atoms with van der Waals surface area (Å²) in [6, 6.07) is 20.8. The van der Waals surface area contributed by atoms with Crippen LogP contribution in [-0.4, -0.2) is 4.98 Å². The Hall–Kier alpha value is -2.86. The number of nitriles is 1. The number of aromatic nitrogens is 1. The molecule has 0 bridgehead atoms. The average Bonchev–Trinajstić information content (AvgIpc) is 2.48. The molecule has 1 aromatic heterocycles. The molecule has 2 aromatic carbocycles. The van der Waals surface area contributed by atoms with Crippen molar-refractivity contribution in [1.29, 1.82) is 5.26 Å². The lowest BCUT2D eigenvalue weighted by atomic mass is 10.2. The zero-order valence-electron chi connectivity index (χ0n) is 10.1. The van der Waals surface area contributed by atoms with Crippen LogP contribution in [0.15, 0.2) is 60.7 Å². The highest BCUT2D eigenvalue weighted by Gasteiger charge is 2.01. The third kappa shape index (κ3) is 2.38. The molecular formula is C16H10N2O. The topological polar surface area (TPSA) is 45.9 Å². The summed E-state index contributed by atoms with van der Waals surface area (Å²) in [6.07, 6.45) is 0. The average molecular weight is 246 g/mol. The van der Waals surface area contributed by atoms with E-state index in [2.05, 4.69) is 4.98 Å². The number of hydrogen-bond acceptors (Lipinski definition) is 3. The molecule has 3 heteroatoms. The molecule has 0 aliphatic rings. The first-order chi connectivity index (χ1) is 9.35. The monoisotopic (exact) mass is 246 g/mol. The van der Waals surface area contributed by atoms with Crippen molar-refractivity contribution < 1.29 is 4.74 Å². The van der Waals surface area contributed by atoms with Gasteiger partial charge in [0.1, 0.15) is 23.3 Å². The molecule has 1 heterocycles. The lowest BCUT2D eigenvalue weighted by Crippen LogP contribution is -1.87. The van der Waals surface area contributed by atoms with Gasteiger partial charge in [-0.1, -0.05) is 18.2 Å². The fraction of sp³-hybridized carbons (Fsp3) is 0. The zero-order valence-corrected chi connectivity index (χ0v) is 10.1. The molecule has 0 atom stereocenters. The third-order valence-electron chi connectivity index (χ3n) is 2.75. The normalized spacial score (nSPS) is 10.1. The molecule has 0 N–H and O–H groups in total. The van der Waals surface area contributed by atoms with Crippen molar-refractivity contribution in [2.24, 2.45) is 0 Å². The van der Waals surface area contributed by atoms with Gasteiger partial charge in [-0.05, 0) is 42.5 Å². The minimum atomic E-state index is 0.421. The molecular weight excluding hydrogens is 236 g/mol. The third-order valence-corrected chi connectivity index (χ3v) is 2.75. The Morgan fingerprint density at radius 3 is 2.53 bits per heavy atom. The van der Waals surface area contributed by atoms with Gasteiger partial charge in [-0.15, -0.1) is 0 Å². The lowest BCUT2D eigenvalue weighted by molar-refractivity contribution is 0.483. The second kappa shape index (κ2) is 4.79. The van der Waals surface area contributed by atoms with Crippen molar-refractivity contribution in [3.63, 3.8) is 0 Å². The van der Waals surface area contributed by atoms with Crippen LogP contribution < -0.4 is 4.74 Å². The van der Waals surface area contributed by atoms with E-state index in [1.807, 2.05) is 60.7 Å². The van der Waals surface area contributed by atoms with Crippen LogP contribution in [0, 0.1) is 11.3 Å². The van der Waals surface area contributed by atoms with Crippen LogP contribution in [0.1, 0.15) is 5.69 Å². The largest absolute Gasteiger partial charge is 0.457 e. The molecule has 90 valence electrons. The van der Waals surface area contributed by atoms with E-state index in [1.54, 1.807) is 6.07 Å². The minimum absolute atomic E-state index is 0.421. The Balaban J connectivity index is 1.96. The molecule has 0 amide bonds. The Bertz CT molecular complexity index is 761. The van der Waals surface area contributed by atoms with Gasteiger partial charge in [0.15, 0.2) is 0 Å². The second-order valence-corrected chi connectivity index (χ2v) is 4.08. The Morgan fingerprint density at radius 1 is 0.895 bits per heavy atom. The number of hydrogen-bond donors (Lipinski definition) is 0. The van der Waals surface area contributed by atoms with Gasteiger partial charge in [0, 0.05) is 5.39 Å². The molecule has 0 aliphatic carbocycles. The first-order valence-corrected chi connectivity index (χ1v) is 5.89. The highest BCUT2D eigenvalue weighted by molar-refractivity contribution is 5.80. The summed E-state index contributed by atoms with van der Waals surface area (Å²) in [7, 11) is 0. The number of para-hydroxylation sites is 1. The summed E-state index contributed by atoms with van der Waals surface area (Å²) >= 11 is 0. The van der Waals surface area contributed by atoms with E-state index in [1.165, 1.54) is 0 Å². The molecule has 3 aromatic rings. The first kappa shape index (κ1) is 11.2. The predicted molar refractivity (Wildman–Crippen MR) is 73.0 cm³/mol. The van der Waals surface area contributed by atoms with Gasteiger partial charge < -0.3 is 4.74 Å². The van der Waals surface area contributed by atoms with Gasteiger partial charge in [0.25, 0.3) is 0 Å². The molecule has 19 heavy (non-hydrogen) atoms. The number of benzene rings is 2. The number of nitrogens with zero attached hydrogens (tertiary/aromatic N) is 2. The van der Waals surface area contributed by atoms with Crippen molar-refractivity contribution in [2.75, 3.05) is 0 Å². The van der Waals surface area contributed by atoms with Crippen LogP contribution in [0.2, 0.25) is 0 Å². The van der Waals surface area contributed by atoms with E-state index in [0.29, 0.717) is 5.69 Å². The molecule has 0 saturated carbocycles. The maximum Gasteiger partial charge on any atom is 0.141 e. The molecule has 0 fully saturated rings. The first-order valence-electron chi connectivity index (χ1n) is 5.89. The highest BCUT2D eigenvalue weighted by Crippen LogP contribution is 2.24. The van der Waals surface area contributed by atoms with Crippen molar-refractivity contribution in [3.8, 4) is 17.6 Å². The summed E-state index contributed by atoms with van der Waals surface area (Å²) in [6.45, 7) is 0. The lowest BCUT2D eigenvalue weighted by Gasteiger charge is -2.06. The van der Waals surface area contributed by atoms with E-state index in [0.717, 1.165) is 22.4 Å². The molecule has 0 saturated heterocycles. The van der Waals surface area contributed by atoms with E-state index in [4.69, 9.17) is 10.00 Å². The summed E-state index contributed by atoms with van der Waals surface area (Å²) in [5, 5.41) is 9.76. The van der Waals surface area contributed by atoms with Crippen LogP contribution >= 0.6 is 0 Å². The number of rotatable bonds is 2. The Morgan fingerprint density at radius 2 is 1.74 bits per heavy atom. The molecule has 0 radical (unpaired) electrons. The quantitative estimate of drug-likeness (QED) is 0.688. The fourth-order valence-corrected chi connectivity index (χ4v) is 1.85. The van der Waals surface area contributed by atoms with Gasteiger partial charge in [0.05, 0.1) is 5.52 Å². The second-order valence-electron chi connectivity index (χ2n) is 4.08. The van der Waals surface area contributed by atoms with Crippen LogP contribution in [0.4, 0.5) is 0 Å². The van der Waals surface area contributed by atoms with E-state index >= 15 is 0 Å². The maximum absolute atomic E-state index is 8.81. The van der Waals surface area contributed by atoms with E-state index in [-0.39, 0.29) is 0 Å². The van der Waals surface area contributed by atoms with E-state index < -0.39 is 0 Å². The fourth-order valence-electron chi connectivity index (χ4n) is 1.85. The minimum Gasteiger partial charge on any atom is -0.457 e. The Labute approximate surface area is 110 Å². The van der Waals surface area contributed by atoms with Gasteiger partial charge in [-0.25, -0.2) is 4.98 Å². The summed E-state index contributed by atoms with van der Waals surface area (Å²) < 4.78 is 5.75. The summed E-state index contributed by atoms with van der Waals surface area (Å²) in [5.41, 5.74) is 1.21. The van der Waals surface area contributed by atoms with Gasteiger partial charge in [0.2, 0.25) is 0 Å².